The summed E-state index contributed by atoms with van der Waals surface area (Å²) >= 11 is 5.93. The second-order valence-corrected chi connectivity index (χ2v) is 8.30. The van der Waals surface area contributed by atoms with Crippen molar-refractivity contribution in [3.63, 3.8) is 0 Å². The Balaban J connectivity index is 1.59. The van der Waals surface area contributed by atoms with Crippen LogP contribution in [-0.2, 0) is 26.2 Å². The number of nitrogens with one attached hydrogen (secondary N) is 1. The topological polar surface area (TPSA) is 100 Å². The zero-order valence-electron chi connectivity index (χ0n) is 15.6. The highest BCUT2D eigenvalue weighted by Gasteiger charge is 2.20. The zero-order chi connectivity index (χ0) is 20.9. The SMILES string of the molecule is COc1ccc(Cl)cc1COC(=O)CNS(=O)(=O)c1ccc2c(c1)OCCCO2. The van der Waals surface area contributed by atoms with Gasteiger partial charge in [-0.05, 0) is 30.3 Å². The highest BCUT2D eigenvalue weighted by atomic mass is 35.5. The van der Waals surface area contributed by atoms with Crippen LogP contribution in [0.15, 0.2) is 41.3 Å². The molecule has 0 saturated carbocycles. The number of sulfonamides is 1. The van der Waals surface area contributed by atoms with E-state index in [1.807, 2.05) is 0 Å². The lowest BCUT2D eigenvalue weighted by atomic mass is 10.2. The highest BCUT2D eigenvalue weighted by Crippen LogP contribution is 2.31. The largest absolute Gasteiger partial charge is 0.496 e. The van der Waals surface area contributed by atoms with Crippen molar-refractivity contribution < 1.29 is 32.2 Å². The molecule has 1 aliphatic rings. The molecule has 0 aliphatic carbocycles. The molecule has 1 aliphatic heterocycles. The fraction of sp³-hybridized carbons (Fsp3) is 0.316. The van der Waals surface area contributed by atoms with E-state index in [1.165, 1.54) is 25.3 Å². The van der Waals surface area contributed by atoms with Gasteiger partial charge in [0.1, 0.15) is 18.9 Å². The molecule has 1 N–H and O–H groups in total. The molecule has 1 heterocycles. The lowest BCUT2D eigenvalue weighted by Crippen LogP contribution is -2.30. The molecule has 0 atom stereocenters. The molecule has 156 valence electrons. The monoisotopic (exact) mass is 441 g/mol. The van der Waals surface area contributed by atoms with Crippen molar-refractivity contribution in [1.29, 1.82) is 0 Å². The van der Waals surface area contributed by atoms with Gasteiger partial charge >= 0.3 is 5.97 Å². The van der Waals surface area contributed by atoms with Gasteiger partial charge in [0.2, 0.25) is 10.0 Å². The maximum atomic E-state index is 12.5. The Morgan fingerprint density at radius 2 is 1.90 bits per heavy atom. The molecule has 29 heavy (non-hydrogen) atoms. The van der Waals surface area contributed by atoms with Crippen molar-refractivity contribution in [3.05, 3.63) is 47.0 Å². The van der Waals surface area contributed by atoms with Crippen molar-refractivity contribution in [2.45, 2.75) is 17.9 Å². The molecular formula is C19H20ClNO7S. The first kappa shape index (κ1) is 21.2. The molecular weight excluding hydrogens is 422 g/mol. The smallest absolute Gasteiger partial charge is 0.321 e. The number of carbonyl (C=O) groups excluding carboxylic acids is 1. The van der Waals surface area contributed by atoms with Crippen LogP contribution < -0.4 is 18.9 Å². The van der Waals surface area contributed by atoms with E-state index in [9.17, 15) is 13.2 Å². The molecule has 0 aromatic heterocycles. The predicted molar refractivity (Wildman–Crippen MR) is 105 cm³/mol. The summed E-state index contributed by atoms with van der Waals surface area (Å²) in [5.41, 5.74) is 0.569. The summed E-state index contributed by atoms with van der Waals surface area (Å²) in [7, 11) is -2.45. The fourth-order valence-electron chi connectivity index (χ4n) is 2.62. The van der Waals surface area contributed by atoms with Crippen molar-refractivity contribution >= 4 is 27.6 Å². The zero-order valence-corrected chi connectivity index (χ0v) is 17.2. The lowest BCUT2D eigenvalue weighted by molar-refractivity contribution is -0.143. The van der Waals surface area contributed by atoms with Gasteiger partial charge in [-0.25, -0.2) is 8.42 Å². The first-order valence-electron chi connectivity index (χ1n) is 8.76. The molecule has 0 saturated heterocycles. The third kappa shape index (κ3) is 5.53. The van der Waals surface area contributed by atoms with Gasteiger partial charge in [-0.15, -0.1) is 0 Å². The number of rotatable bonds is 7. The Labute approximate surface area is 173 Å². The molecule has 3 rings (SSSR count). The summed E-state index contributed by atoms with van der Waals surface area (Å²) in [6.45, 7) is 0.303. The molecule has 8 nitrogen and oxygen atoms in total. The number of methoxy groups -OCH3 is 1. The van der Waals surface area contributed by atoms with Crippen LogP contribution in [0.2, 0.25) is 5.02 Å². The van der Waals surface area contributed by atoms with E-state index in [4.69, 9.17) is 30.5 Å². The minimum Gasteiger partial charge on any atom is -0.496 e. The molecule has 0 amide bonds. The van der Waals surface area contributed by atoms with E-state index in [1.54, 1.807) is 18.2 Å². The second kappa shape index (κ2) is 9.34. The minimum absolute atomic E-state index is 0.0361. The van der Waals surface area contributed by atoms with Gasteiger partial charge in [0.05, 0.1) is 25.2 Å². The number of ether oxygens (including phenoxy) is 4. The van der Waals surface area contributed by atoms with E-state index in [2.05, 4.69) is 4.72 Å². The van der Waals surface area contributed by atoms with Crippen LogP contribution in [-0.4, -0.2) is 41.3 Å². The normalized spacial score (nSPS) is 13.4. The first-order chi connectivity index (χ1) is 13.9. The highest BCUT2D eigenvalue weighted by molar-refractivity contribution is 7.89. The van der Waals surface area contributed by atoms with Gasteiger partial charge in [0.25, 0.3) is 0 Å². The summed E-state index contributed by atoms with van der Waals surface area (Å²) in [6.07, 6.45) is 0.707. The summed E-state index contributed by atoms with van der Waals surface area (Å²) < 4.78 is 48.4. The predicted octanol–water partition coefficient (Wildman–Crippen LogP) is 2.53. The summed E-state index contributed by atoms with van der Waals surface area (Å²) in [5.74, 6) is 0.595. The third-order valence-electron chi connectivity index (χ3n) is 4.07. The van der Waals surface area contributed by atoms with Gasteiger partial charge in [-0.2, -0.15) is 4.72 Å². The number of benzene rings is 2. The summed E-state index contributed by atoms with van der Waals surface area (Å²) in [5, 5.41) is 0.465. The van der Waals surface area contributed by atoms with Crippen molar-refractivity contribution in [1.82, 2.24) is 4.72 Å². The van der Waals surface area contributed by atoms with Crippen LogP contribution in [0.5, 0.6) is 17.2 Å². The Morgan fingerprint density at radius 1 is 1.14 bits per heavy atom. The average molecular weight is 442 g/mol. The molecule has 0 unspecified atom stereocenters. The Morgan fingerprint density at radius 3 is 2.66 bits per heavy atom. The fourth-order valence-corrected chi connectivity index (χ4v) is 3.80. The van der Waals surface area contributed by atoms with Crippen LogP contribution in [0, 0.1) is 0 Å². The van der Waals surface area contributed by atoms with Crippen LogP contribution in [0.4, 0.5) is 0 Å². The van der Waals surface area contributed by atoms with Crippen molar-refractivity contribution in [2.24, 2.45) is 0 Å². The lowest BCUT2D eigenvalue weighted by Gasteiger charge is -2.12. The van der Waals surface area contributed by atoms with E-state index >= 15 is 0 Å². The Bertz CT molecular complexity index is 994. The maximum Gasteiger partial charge on any atom is 0.321 e. The van der Waals surface area contributed by atoms with Gasteiger partial charge in [0.15, 0.2) is 11.5 Å². The van der Waals surface area contributed by atoms with Crippen LogP contribution >= 0.6 is 11.6 Å². The summed E-state index contributed by atoms with van der Waals surface area (Å²) in [4.78, 5) is 12.0. The molecule has 2 aromatic rings. The molecule has 0 spiro atoms. The average Bonchev–Trinajstić information content (AvgIpc) is 2.95. The van der Waals surface area contributed by atoms with E-state index in [0.717, 1.165) is 0 Å². The summed E-state index contributed by atoms with van der Waals surface area (Å²) in [6, 6.07) is 9.19. The maximum absolute atomic E-state index is 12.5. The molecule has 10 heteroatoms. The van der Waals surface area contributed by atoms with Crippen molar-refractivity contribution in [3.8, 4) is 17.2 Å². The Hall–Kier alpha value is -2.49. The van der Waals surface area contributed by atoms with Crippen LogP contribution in [0.3, 0.4) is 0 Å². The molecule has 0 fully saturated rings. The minimum atomic E-state index is -3.94. The van der Waals surface area contributed by atoms with E-state index in [-0.39, 0.29) is 11.5 Å². The Kier molecular flexibility index (Phi) is 6.83. The van der Waals surface area contributed by atoms with Crippen LogP contribution in [0.1, 0.15) is 12.0 Å². The number of hydrogen-bond acceptors (Lipinski definition) is 7. The molecule has 2 aromatic carbocycles. The standard InChI is InChI=1S/C19H20ClNO7S/c1-25-16-5-3-14(20)9-13(16)12-28-19(22)11-21-29(23,24)15-4-6-17-18(10-15)27-8-2-7-26-17/h3-6,9-10,21H,2,7-8,11-12H2,1H3. The van der Waals surface area contributed by atoms with Gasteiger partial charge in [-0.1, -0.05) is 11.6 Å². The second-order valence-electron chi connectivity index (χ2n) is 6.10. The first-order valence-corrected chi connectivity index (χ1v) is 10.6. The van der Waals surface area contributed by atoms with E-state index in [0.29, 0.717) is 47.5 Å². The number of hydrogen-bond donors (Lipinski definition) is 1. The quantitative estimate of drug-likeness (QED) is 0.659. The van der Waals surface area contributed by atoms with Crippen LogP contribution in [0.25, 0.3) is 0 Å². The number of esters is 1. The van der Waals surface area contributed by atoms with Gasteiger partial charge in [0, 0.05) is 23.1 Å². The van der Waals surface area contributed by atoms with Crippen molar-refractivity contribution in [2.75, 3.05) is 26.9 Å². The third-order valence-corrected chi connectivity index (χ3v) is 5.70. The molecule has 0 bridgehead atoms. The number of carbonyl (C=O) groups is 1. The molecule has 0 radical (unpaired) electrons. The number of halogens is 1. The van der Waals surface area contributed by atoms with Gasteiger partial charge in [-0.3, -0.25) is 4.79 Å². The number of fused-ring (bicyclic) bond motifs is 1. The van der Waals surface area contributed by atoms with E-state index < -0.39 is 22.5 Å². The van der Waals surface area contributed by atoms with Gasteiger partial charge < -0.3 is 18.9 Å².